The van der Waals surface area contributed by atoms with Gasteiger partial charge in [0.15, 0.2) is 0 Å². The molecule has 0 N–H and O–H groups in total. The summed E-state index contributed by atoms with van der Waals surface area (Å²) < 4.78 is 0. The van der Waals surface area contributed by atoms with Gasteiger partial charge in [-0.25, -0.2) is 0 Å². The number of hydrogen-bond donors (Lipinski definition) is 0. The summed E-state index contributed by atoms with van der Waals surface area (Å²) in [6.45, 7) is 3.08. The van der Waals surface area contributed by atoms with Crippen LogP contribution in [0.1, 0.15) is 37.1 Å². The number of aryl methyl sites for hydroxylation is 1. The second-order valence-corrected chi connectivity index (χ2v) is 7.49. The fourth-order valence-corrected chi connectivity index (χ4v) is 4.24. The van der Waals surface area contributed by atoms with Crippen molar-refractivity contribution in [3.05, 3.63) is 63.6 Å². The molecule has 0 spiro atoms. The molecule has 0 saturated carbocycles. The van der Waals surface area contributed by atoms with Crippen LogP contribution in [0.5, 0.6) is 0 Å². The third-order valence-corrected chi connectivity index (χ3v) is 5.98. The summed E-state index contributed by atoms with van der Waals surface area (Å²) in [4.78, 5) is 17.3. The summed E-state index contributed by atoms with van der Waals surface area (Å²) in [6.07, 6.45) is 2.91. The molecule has 2 fully saturated rings. The number of fused-ring (bicyclic) bond motifs is 1. The first-order chi connectivity index (χ1) is 12.1. The van der Waals surface area contributed by atoms with E-state index in [0.29, 0.717) is 10.0 Å². The molecule has 3 nitrogen and oxygen atoms in total. The molecule has 0 aromatic heterocycles. The van der Waals surface area contributed by atoms with E-state index in [4.69, 9.17) is 23.2 Å². The van der Waals surface area contributed by atoms with Gasteiger partial charge in [-0.05, 0) is 48.6 Å². The van der Waals surface area contributed by atoms with Crippen molar-refractivity contribution in [3.8, 4) is 0 Å². The minimum atomic E-state index is -0.0804. The SMILES string of the molecule is CCc1ccc(C2N(c3ccc(Cl)c(Cl)c3)C(=O)C3CCCN32)cc1. The van der Waals surface area contributed by atoms with Gasteiger partial charge in [0.05, 0.1) is 16.1 Å². The molecular formula is C20H20Cl2N2O. The molecule has 2 aromatic rings. The molecule has 2 heterocycles. The fourth-order valence-electron chi connectivity index (χ4n) is 3.95. The molecule has 2 atom stereocenters. The number of hydrogen-bond acceptors (Lipinski definition) is 2. The maximum absolute atomic E-state index is 13.1. The lowest BCUT2D eigenvalue weighted by Crippen LogP contribution is -2.32. The summed E-state index contributed by atoms with van der Waals surface area (Å²) in [6, 6.07) is 14.0. The van der Waals surface area contributed by atoms with Crippen LogP contribution in [-0.4, -0.2) is 23.4 Å². The van der Waals surface area contributed by atoms with E-state index in [-0.39, 0.29) is 18.1 Å². The fraction of sp³-hybridized carbons (Fsp3) is 0.350. The van der Waals surface area contributed by atoms with Gasteiger partial charge in [-0.1, -0.05) is 54.4 Å². The first-order valence-electron chi connectivity index (χ1n) is 8.73. The highest BCUT2D eigenvalue weighted by Crippen LogP contribution is 2.43. The maximum Gasteiger partial charge on any atom is 0.246 e. The third kappa shape index (κ3) is 2.84. The second kappa shape index (κ2) is 6.64. The largest absolute Gasteiger partial charge is 0.290 e. The number of halogens is 2. The summed E-state index contributed by atoms with van der Waals surface area (Å²) in [5.74, 6) is 0.153. The molecule has 2 aliphatic rings. The lowest BCUT2D eigenvalue weighted by atomic mass is 10.1. The van der Waals surface area contributed by atoms with Crippen molar-refractivity contribution in [1.29, 1.82) is 0 Å². The first kappa shape index (κ1) is 16.9. The van der Waals surface area contributed by atoms with E-state index in [2.05, 4.69) is 36.1 Å². The van der Waals surface area contributed by atoms with Crippen molar-refractivity contribution >= 4 is 34.8 Å². The van der Waals surface area contributed by atoms with Crippen LogP contribution in [-0.2, 0) is 11.2 Å². The van der Waals surface area contributed by atoms with Crippen LogP contribution < -0.4 is 4.90 Å². The predicted octanol–water partition coefficient (Wildman–Crippen LogP) is 5.07. The number of nitrogens with zero attached hydrogens (tertiary/aromatic N) is 2. The van der Waals surface area contributed by atoms with Gasteiger partial charge in [0.1, 0.15) is 6.17 Å². The lowest BCUT2D eigenvalue weighted by molar-refractivity contribution is -0.119. The van der Waals surface area contributed by atoms with E-state index < -0.39 is 0 Å². The minimum Gasteiger partial charge on any atom is -0.290 e. The number of carbonyl (C=O) groups excluding carboxylic acids is 1. The van der Waals surface area contributed by atoms with Gasteiger partial charge >= 0.3 is 0 Å². The zero-order chi connectivity index (χ0) is 17.6. The Kier molecular flexibility index (Phi) is 4.48. The number of rotatable bonds is 3. The average Bonchev–Trinajstić information content (AvgIpc) is 3.20. The Morgan fingerprint density at radius 2 is 1.84 bits per heavy atom. The standard InChI is InChI=1S/C20H20Cl2N2O/c1-2-13-5-7-14(8-6-13)19-23-11-3-4-18(23)20(25)24(19)15-9-10-16(21)17(22)12-15/h5-10,12,18-19H,2-4,11H2,1H3. The number of anilines is 1. The zero-order valence-corrected chi connectivity index (χ0v) is 15.6. The van der Waals surface area contributed by atoms with E-state index >= 15 is 0 Å². The Labute approximate surface area is 158 Å². The van der Waals surface area contributed by atoms with Gasteiger partial charge in [0.25, 0.3) is 0 Å². The maximum atomic E-state index is 13.1. The zero-order valence-electron chi connectivity index (χ0n) is 14.1. The van der Waals surface area contributed by atoms with Crippen LogP contribution in [0.2, 0.25) is 10.0 Å². The van der Waals surface area contributed by atoms with E-state index in [1.807, 2.05) is 11.0 Å². The molecule has 2 saturated heterocycles. The van der Waals surface area contributed by atoms with Crippen molar-refractivity contribution in [2.75, 3.05) is 11.4 Å². The van der Waals surface area contributed by atoms with E-state index in [9.17, 15) is 4.79 Å². The number of benzene rings is 2. The van der Waals surface area contributed by atoms with Gasteiger partial charge in [0.2, 0.25) is 5.91 Å². The monoisotopic (exact) mass is 374 g/mol. The Morgan fingerprint density at radius 3 is 2.52 bits per heavy atom. The normalized spacial score (nSPS) is 23.3. The molecule has 1 amide bonds. The molecule has 2 unspecified atom stereocenters. The highest BCUT2D eigenvalue weighted by atomic mass is 35.5. The van der Waals surface area contributed by atoms with E-state index in [0.717, 1.165) is 37.1 Å². The summed E-state index contributed by atoms with van der Waals surface area (Å²) in [7, 11) is 0. The third-order valence-electron chi connectivity index (χ3n) is 5.24. The highest BCUT2D eigenvalue weighted by molar-refractivity contribution is 6.42. The molecule has 4 rings (SSSR count). The Balaban J connectivity index is 1.78. The topological polar surface area (TPSA) is 23.6 Å². The summed E-state index contributed by atoms with van der Waals surface area (Å²) in [5.41, 5.74) is 3.24. The molecule has 0 bridgehead atoms. The van der Waals surface area contributed by atoms with Crippen molar-refractivity contribution in [1.82, 2.24) is 4.90 Å². The molecule has 130 valence electrons. The van der Waals surface area contributed by atoms with Gasteiger partial charge in [-0.3, -0.25) is 14.6 Å². The highest BCUT2D eigenvalue weighted by Gasteiger charge is 2.49. The minimum absolute atomic E-state index is 0.0368. The van der Waals surface area contributed by atoms with Crippen LogP contribution in [0, 0.1) is 0 Å². The Bertz CT molecular complexity index is 806. The molecule has 25 heavy (non-hydrogen) atoms. The van der Waals surface area contributed by atoms with Crippen LogP contribution in [0.4, 0.5) is 5.69 Å². The van der Waals surface area contributed by atoms with Crippen LogP contribution in [0.3, 0.4) is 0 Å². The first-order valence-corrected chi connectivity index (χ1v) is 9.48. The van der Waals surface area contributed by atoms with Crippen molar-refractivity contribution in [2.45, 2.75) is 38.4 Å². The number of carbonyl (C=O) groups is 1. The quantitative estimate of drug-likeness (QED) is 0.748. The van der Waals surface area contributed by atoms with Gasteiger partial charge in [-0.2, -0.15) is 0 Å². The smallest absolute Gasteiger partial charge is 0.246 e. The molecule has 2 aromatic carbocycles. The van der Waals surface area contributed by atoms with Crippen molar-refractivity contribution in [2.24, 2.45) is 0 Å². The van der Waals surface area contributed by atoms with Crippen LogP contribution in [0.15, 0.2) is 42.5 Å². The van der Waals surface area contributed by atoms with Crippen LogP contribution >= 0.6 is 23.2 Å². The van der Waals surface area contributed by atoms with Gasteiger partial charge in [-0.15, -0.1) is 0 Å². The van der Waals surface area contributed by atoms with E-state index in [1.54, 1.807) is 12.1 Å². The number of amides is 1. The van der Waals surface area contributed by atoms with Crippen molar-refractivity contribution in [3.63, 3.8) is 0 Å². The summed E-state index contributed by atoms with van der Waals surface area (Å²) >= 11 is 12.3. The second-order valence-electron chi connectivity index (χ2n) is 6.67. The summed E-state index contributed by atoms with van der Waals surface area (Å²) in [5, 5.41) is 0.973. The average molecular weight is 375 g/mol. The van der Waals surface area contributed by atoms with Crippen molar-refractivity contribution < 1.29 is 4.79 Å². The van der Waals surface area contributed by atoms with E-state index in [1.165, 1.54) is 5.56 Å². The molecule has 0 aliphatic carbocycles. The Hall–Kier alpha value is -1.55. The Morgan fingerprint density at radius 1 is 1.08 bits per heavy atom. The molecule has 0 radical (unpaired) electrons. The van der Waals surface area contributed by atoms with Gasteiger partial charge < -0.3 is 0 Å². The lowest BCUT2D eigenvalue weighted by Gasteiger charge is -2.30. The molecular weight excluding hydrogens is 355 g/mol. The van der Waals surface area contributed by atoms with Gasteiger partial charge in [0, 0.05) is 12.2 Å². The molecule has 2 aliphatic heterocycles. The molecule has 5 heteroatoms. The predicted molar refractivity (Wildman–Crippen MR) is 102 cm³/mol. The van der Waals surface area contributed by atoms with Crippen LogP contribution in [0.25, 0.3) is 0 Å².